The van der Waals surface area contributed by atoms with Gasteiger partial charge in [-0.15, -0.1) is 0 Å². The predicted octanol–water partition coefficient (Wildman–Crippen LogP) is 3.81. The minimum absolute atomic E-state index is 0.165. The fourth-order valence-corrected chi connectivity index (χ4v) is 2.95. The van der Waals surface area contributed by atoms with E-state index in [1.807, 2.05) is 6.20 Å². The smallest absolute Gasteiger partial charge is 0.0670 e. The van der Waals surface area contributed by atoms with Crippen molar-refractivity contribution in [3.05, 3.63) is 24.4 Å². The first-order valence-corrected chi connectivity index (χ1v) is 7.78. The zero-order valence-electron chi connectivity index (χ0n) is 13.3. The van der Waals surface area contributed by atoms with Gasteiger partial charge in [0.1, 0.15) is 0 Å². The van der Waals surface area contributed by atoms with Crippen molar-refractivity contribution in [2.45, 2.75) is 46.3 Å². The van der Waals surface area contributed by atoms with Crippen LogP contribution in [0.25, 0.3) is 10.9 Å². The van der Waals surface area contributed by atoms with E-state index in [0.29, 0.717) is 18.1 Å². The van der Waals surface area contributed by atoms with Gasteiger partial charge in [-0.1, -0.05) is 27.7 Å². The molecule has 1 heterocycles. The van der Waals surface area contributed by atoms with Gasteiger partial charge in [0.25, 0.3) is 0 Å². The van der Waals surface area contributed by atoms with Crippen LogP contribution in [0.2, 0.25) is 0 Å². The third-order valence-electron chi connectivity index (χ3n) is 4.59. The second-order valence-electron chi connectivity index (χ2n) is 7.14. The van der Waals surface area contributed by atoms with Gasteiger partial charge >= 0.3 is 0 Å². The Morgan fingerprint density at radius 3 is 2.95 bits per heavy atom. The van der Waals surface area contributed by atoms with Crippen molar-refractivity contribution < 1.29 is 4.74 Å². The summed E-state index contributed by atoms with van der Waals surface area (Å²) in [6.07, 6.45) is 3.27. The van der Waals surface area contributed by atoms with Crippen molar-refractivity contribution in [3.8, 4) is 0 Å². The maximum atomic E-state index is 6.02. The molecule has 3 rings (SSSR count). The molecule has 2 N–H and O–H groups in total. The van der Waals surface area contributed by atoms with Gasteiger partial charge in [0.2, 0.25) is 0 Å². The van der Waals surface area contributed by atoms with Crippen LogP contribution in [-0.2, 0) is 4.74 Å². The number of fused-ring (bicyclic) bond motifs is 1. The highest BCUT2D eigenvalue weighted by molar-refractivity contribution is 5.81. The number of nitrogens with one attached hydrogen (secondary N) is 2. The van der Waals surface area contributed by atoms with Gasteiger partial charge in [-0.25, -0.2) is 0 Å². The minimum Gasteiger partial charge on any atom is -0.382 e. The highest BCUT2D eigenvalue weighted by Gasteiger charge is 2.49. The summed E-state index contributed by atoms with van der Waals surface area (Å²) in [6, 6.07) is 6.80. The average molecular weight is 287 g/mol. The van der Waals surface area contributed by atoms with Crippen LogP contribution in [0.4, 0.5) is 5.69 Å². The molecule has 0 amide bonds. The van der Waals surface area contributed by atoms with Crippen molar-refractivity contribution in [2.24, 2.45) is 11.3 Å². The molecule has 1 aromatic heterocycles. The summed E-state index contributed by atoms with van der Waals surface area (Å²) in [5, 5.41) is 11.9. The molecule has 0 saturated heterocycles. The van der Waals surface area contributed by atoms with Crippen LogP contribution in [0.5, 0.6) is 0 Å². The van der Waals surface area contributed by atoms with E-state index >= 15 is 0 Å². The first-order chi connectivity index (χ1) is 9.96. The van der Waals surface area contributed by atoms with E-state index in [-0.39, 0.29) is 5.41 Å². The molecular formula is C17H25N3O. The van der Waals surface area contributed by atoms with E-state index in [0.717, 1.165) is 29.6 Å². The number of nitrogens with zero attached hydrogens (tertiary/aromatic N) is 1. The molecule has 1 fully saturated rings. The summed E-state index contributed by atoms with van der Waals surface area (Å²) in [5.74, 6) is 0.593. The SMILES string of the molecule is CC(C)COC1CC(Nc2ccc3cn[nH]c3c2)C1(C)C. The third-order valence-corrected chi connectivity index (χ3v) is 4.59. The summed E-state index contributed by atoms with van der Waals surface area (Å²) < 4.78 is 6.02. The van der Waals surface area contributed by atoms with Gasteiger partial charge in [0.15, 0.2) is 0 Å². The van der Waals surface area contributed by atoms with Crippen LogP contribution in [0, 0.1) is 11.3 Å². The van der Waals surface area contributed by atoms with E-state index in [9.17, 15) is 0 Å². The van der Waals surface area contributed by atoms with Crippen LogP contribution < -0.4 is 5.32 Å². The average Bonchev–Trinajstić information content (AvgIpc) is 2.89. The lowest BCUT2D eigenvalue weighted by molar-refractivity contribution is -0.108. The van der Waals surface area contributed by atoms with E-state index in [1.54, 1.807) is 0 Å². The molecule has 2 aromatic rings. The molecule has 0 aliphatic heterocycles. The van der Waals surface area contributed by atoms with Gasteiger partial charge in [0, 0.05) is 29.1 Å². The van der Waals surface area contributed by atoms with Crippen LogP contribution in [0.1, 0.15) is 34.1 Å². The van der Waals surface area contributed by atoms with Crippen molar-refractivity contribution >= 4 is 16.6 Å². The number of ether oxygens (including phenoxy) is 1. The monoisotopic (exact) mass is 287 g/mol. The van der Waals surface area contributed by atoms with E-state index in [4.69, 9.17) is 4.74 Å². The van der Waals surface area contributed by atoms with Gasteiger partial charge in [0.05, 0.1) is 17.8 Å². The number of benzene rings is 1. The Kier molecular flexibility index (Phi) is 3.66. The molecule has 1 aliphatic carbocycles. The van der Waals surface area contributed by atoms with Crippen LogP contribution in [-0.4, -0.2) is 29.0 Å². The Hall–Kier alpha value is -1.55. The molecule has 2 atom stereocenters. The maximum Gasteiger partial charge on any atom is 0.0670 e. The Bertz CT molecular complexity index is 617. The van der Waals surface area contributed by atoms with Crippen molar-refractivity contribution in [2.75, 3.05) is 11.9 Å². The van der Waals surface area contributed by atoms with E-state index in [1.165, 1.54) is 0 Å². The summed E-state index contributed by atoms with van der Waals surface area (Å²) in [4.78, 5) is 0. The van der Waals surface area contributed by atoms with Gasteiger partial charge in [-0.3, -0.25) is 5.10 Å². The van der Waals surface area contributed by atoms with Crippen molar-refractivity contribution in [1.82, 2.24) is 10.2 Å². The molecule has 1 saturated carbocycles. The molecule has 1 aromatic carbocycles. The second-order valence-corrected chi connectivity index (χ2v) is 7.14. The number of hydrogen-bond acceptors (Lipinski definition) is 3. The van der Waals surface area contributed by atoms with Gasteiger partial charge < -0.3 is 10.1 Å². The second kappa shape index (κ2) is 5.34. The number of rotatable bonds is 5. The first-order valence-electron chi connectivity index (χ1n) is 7.78. The maximum absolute atomic E-state index is 6.02. The lowest BCUT2D eigenvalue weighted by Gasteiger charge is -2.52. The predicted molar refractivity (Wildman–Crippen MR) is 86.5 cm³/mol. The number of H-pyrrole nitrogens is 1. The molecule has 2 unspecified atom stereocenters. The molecule has 21 heavy (non-hydrogen) atoms. The normalized spacial score (nSPS) is 24.2. The molecule has 0 spiro atoms. The number of hydrogen-bond donors (Lipinski definition) is 2. The standard InChI is InChI=1S/C17H25N3O/c1-11(2)10-21-16-8-15(17(16,3)4)19-13-6-5-12-9-18-20-14(12)7-13/h5-7,9,11,15-16,19H,8,10H2,1-4H3,(H,18,20). The molecule has 4 heteroatoms. The van der Waals surface area contributed by atoms with Crippen LogP contribution in [0.3, 0.4) is 0 Å². The molecule has 1 aliphatic rings. The lowest BCUT2D eigenvalue weighted by atomic mass is 9.64. The summed E-state index contributed by atoms with van der Waals surface area (Å²) >= 11 is 0. The minimum atomic E-state index is 0.165. The fraction of sp³-hybridized carbons (Fsp3) is 0.588. The zero-order chi connectivity index (χ0) is 15.0. The largest absolute Gasteiger partial charge is 0.382 e. The molecule has 0 bridgehead atoms. The van der Waals surface area contributed by atoms with Crippen LogP contribution >= 0.6 is 0 Å². The number of aromatic amines is 1. The number of anilines is 1. The van der Waals surface area contributed by atoms with E-state index in [2.05, 4.69) is 61.4 Å². The molecule has 114 valence electrons. The van der Waals surface area contributed by atoms with Gasteiger partial charge in [-0.2, -0.15) is 5.10 Å². The highest BCUT2D eigenvalue weighted by atomic mass is 16.5. The van der Waals surface area contributed by atoms with Gasteiger partial charge in [-0.05, 0) is 30.5 Å². The van der Waals surface area contributed by atoms with Crippen molar-refractivity contribution in [1.29, 1.82) is 0 Å². The van der Waals surface area contributed by atoms with E-state index < -0.39 is 0 Å². The summed E-state index contributed by atoms with van der Waals surface area (Å²) in [6.45, 7) is 9.81. The highest BCUT2D eigenvalue weighted by Crippen LogP contribution is 2.44. The molecular weight excluding hydrogens is 262 g/mol. The lowest BCUT2D eigenvalue weighted by Crippen LogP contribution is -2.58. The number of aromatic nitrogens is 2. The fourth-order valence-electron chi connectivity index (χ4n) is 2.95. The summed E-state index contributed by atoms with van der Waals surface area (Å²) in [7, 11) is 0. The zero-order valence-corrected chi connectivity index (χ0v) is 13.3. The third kappa shape index (κ3) is 2.77. The molecule has 4 nitrogen and oxygen atoms in total. The van der Waals surface area contributed by atoms with Crippen molar-refractivity contribution in [3.63, 3.8) is 0 Å². The Labute approximate surface area is 126 Å². The molecule has 0 radical (unpaired) electrons. The topological polar surface area (TPSA) is 49.9 Å². The first kappa shape index (κ1) is 14.4. The van der Waals surface area contributed by atoms with Crippen LogP contribution in [0.15, 0.2) is 24.4 Å². The quantitative estimate of drug-likeness (QED) is 0.879. The Balaban J connectivity index is 1.63. The Morgan fingerprint density at radius 1 is 1.43 bits per heavy atom. The summed E-state index contributed by atoms with van der Waals surface area (Å²) in [5.41, 5.74) is 2.38. The Morgan fingerprint density at radius 2 is 2.24 bits per heavy atom.